The minimum atomic E-state index is -1.01. The first-order valence-electron chi connectivity index (χ1n) is 10.6. The summed E-state index contributed by atoms with van der Waals surface area (Å²) in [6, 6.07) is 11.0. The molecule has 1 heterocycles. The second kappa shape index (κ2) is 8.94. The van der Waals surface area contributed by atoms with Crippen molar-refractivity contribution >= 4 is 11.8 Å². The average Bonchev–Trinajstić information content (AvgIpc) is 3.02. The molecule has 0 bridgehead atoms. The van der Waals surface area contributed by atoms with Gasteiger partial charge in [-0.15, -0.1) is 0 Å². The summed E-state index contributed by atoms with van der Waals surface area (Å²) in [5.74, 6) is -1.31. The number of hydrogen-bond donors (Lipinski definition) is 0. The highest BCUT2D eigenvalue weighted by Crippen LogP contribution is 2.34. The maximum Gasteiger partial charge on any atom is 0.250 e. The Morgan fingerprint density at radius 2 is 1.53 bits per heavy atom. The van der Waals surface area contributed by atoms with Gasteiger partial charge in [0, 0.05) is 18.2 Å². The van der Waals surface area contributed by atoms with Crippen molar-refractivity contribution in [3.05, 3.63) is 71.3 Å². The summed E-state index contributed by atoms with van der Waals surface area (Å²) >= 11 is 0. The lowest BCUT2D eigenvalue weighted by Gasteiger charge is -2.43. The third kappa shape index (κ3) is 4.23. The third-order valence-electron chi connectivity index (χ3n) is 6.19. The standard InChI is InChI=1S/C24H26F2N2O2/c25-18-13-11-17(12-14-18)15-28-22(29)16-27(19-7-3-1-2-4-8-19)24(30)23(28)20-9-5-6-10-21(20)26/h5-6,9-14,19,23H,1-4,7-8,15-16H2. The first-order valence-corrected chi connectivity index (χ1v) is 10.6. The number of halogens is 2. The number of nitrogens with zero attached hydrogens (tertiary/aromatic N) is 2. The highest BCUT2D eigenvalue weighted by molar-refractivity contribution is 5.95. The van der Waals surface area contributed by atoms with Gasteiger partial charge in [-0.25, -0.2) is 8.78 Å². The summed E-state index contributed by atoms with van der Waals surface area (Å²) in [5, 5.41) is 0. The molecule has 0 radical (unpaired) electrons. The zero-order valence-corrected chi connectivity index (χ0v) is 16.9. The van der Waals surface area contributed by atoms with Crippen LogP contribution in [-0.2, 0) is 16.1 Å². The van der Waals surface area contributed by atoms with Gasteiger partial charge in [0.1, 0.15) is 24.2 Å². The Balaban J connectivity index is 1.68. The molecule has 0 aromatic heterocycles. The Labute approximate surface area is 175 Å². The van der Waals surface area contributed by atoms with Crippen LogP contribution in [0.5, 0.6) is 0 Å². The summed E-state index contributed by atoms with van der Waals surface area (Å²) in [6.07, 6.45) is 6.10. The number of amides is 2. The fraction of sp³-hybridized carbons (Fsp3) is 0.417. The van der Waals surface area contributed by atoms with Crippen LogP contribution in [0.2, 0.25) is 0 Å². The Morgan fingerprint density at radius 3 is 2.20 bits per heavy atom. The van der Waals surface area contributed by atoms with Crippen LogP contribution >= 0.6 is 0 Å². The first-order chi connectivity index (χ1) is 14.5. The highest BCUT2D eigenvalue weighted by atomic mass is 19.1. The Morgan fingerprint density at radius 1 is 0.867 bits per heavy atom. The average molecular weight is 412 g/mol. The molecule has 6 heteroatoms. The van der Waals surface area contributed by atoms with Gasteiger partial charge in [0.15, 0.2) is 0 Å². The van der Waals surface area contributed by atoms with Crippen LogP contribution in [0.25, 0.3) is 0 Å². The molecule has 1 saturated carbocycles. The maximum atomic E-state index is 14.7. The Hall–Kier alpha value is -2.76. The van der Waals surface area contributed by atoms with Crippen LogP contribution in [0, 0.1) is 11.6 Å². The van der Waals surface area contributed by atoms with E-state index in [4.69, 9.17) is 0 Å². The van der Waals surface area contributed by atoms with Gasteiger partial charge in [-0.05, 0) is 36.6 Å². The Kier molecular flexibility index (Phi) is 6.11. The van der Waals surface area contributed by atoms with E-state index >= 15 is 0 Å². The first kappa shape index (κ1) is 20.5. The van der Waals surface area contributed by atoms with E-state index in [0.717, 1.165) is 38.5 Å². The molecule has 2 aromatic rings. The van der Waals surface area contributed by atoms with E-state index in [-0.39, 0.29) is 42.3 Å². The van der Waals surface area contributed by atoms with Gasteiger partial charge >= 0.3 is 0 Å². The van der Waals surface area contributed by atoms with Crippen LogP contribution in [0.1, 0.15) is 55.7 Å². The predicted molar refractivity (Wildman–Crippen MR) is 109 cm³/mol. The number of benzene rings is 2. The molecule has 1 aliphatic carbocycles. The summed E-state index contributed by atoms with van der Waals surface area (Å²) in [7, 11) is 0. The lowest BCUT2D eigenvalue weighted by Crippen LogP contribution is -2.58. The van der Waals surface area contributed by atoms with Gasteiger partial charge in [-0.1, -0.05) is 56.0 Å². The van der Waals surface area contributed by atoms with Gasteiger partial charge < -0.3 is 9.80 Å². The molecule has 1 atom stereocenters. The molecule has 2 fully saturated rings. The van der Waals surface area contributed by atoms with Crippen molar-refractivity contribution in [3.63, 3.8) is 0 Å². The monoisotopic (exact) mass is 412 g/mol. The molecule has 4 nitrogen and oxygen atoms in total. The number of carbonyl (C=O) groups excluding carboxylic acids is 2. The number of piperazine rings is 1. The summed E-state index contributed by atoms with van der Waals surface area (Å²) in [5.41, 5.74) is 0.901. The van der Waals surface area contributed by atoms with Crippen molar-refractivity contribution in [2.24, 2.45) is 0 Å². The molecule has 30 heavy (non-hydrogen) atoms. The van der Waals surface area contributed by atoms with Crippen molar-refractivity contribution < 1.29 is 18.4 Å². The van der Waals surface area contributed by atoms with Gasteiger partial charge in [0.25, 0.3) is 5.91 Å². The van der Waals surface area contributed by atoms with Crippen molar-refractivity contribution in [3.8, 4) is 0 Å². The third-order valence-corrected chi connectivity index (χ3v) is 6.19. The zero-order chi connectivity index (χ0) is 21.1. The molecule has 2 aromatic carbocycles. The fourth-order valence-corrected chi connectivity index (χ4v) is 4.59. The zero-order valence-electron chi connectivity index (χ0n) is 16.9. The van der Waals surface area contributed by atoms with Crippen molar-refractivity contribution in [1.29, 1.82) is 0 Å². The minimum absolute atomic E-state index is 0.00957. The van der Waals surface area contributed by atoms with Crippen molar-refractivity contribution in [2.45, 2.75) is 57.2 Å². The highest BCUT2D eigenvalue weighted by Gasteiger charge is 2.43. The molecule has 1 saturated heterocycles. The van der Waals surface area contributed by atoms with Crippen LogP contribution in [0.3, 0.4) is 0 Å². The maximum absolute atomic E-state index is 14.7. The predicted octanol–water partition coefficient (Wildman–Crippen LogP) is 4.60. The van der Waals surface area contributed by atoms with Gasteiger partial charge in [-0.3, -0.25) is 9.59 Å². The topological polar surface area (TPSA) is 40.6 Å². The van der Waals surface area contributed by atoms with Crippen molar-refractivity contribution in [2.75, 3.05) is 6.54 Å². The lowest BCUT2D eigenvalue weighted by atomic mass is 9.96. The largest absolute Gasteiger partial charge is 0.328 e. The van der Waals surface area contributed by atoms with E-state index in [0.29, 0.717) is 5.56 Å². The van der Waals surface area contributed by atoms with Crippen LogP contribution < -0.4 is 0 Å². The van der Waals surface area contributed by atoms with Crippen LogP contribution in [0.15, 0.2) is 48.5 Å². The molecule has 1 unspecified atom stereocenters. The fourth-order valence-electron chi connectivity index (χ4n) is 4.59. The quantitative estimate of drug-likeness (QED) is 0.689. The van der Waals surface area contributed by atoms with E-state index in [1.54, 1.807) is 35.2 Å². The summed E-state index contributed by atoms with van der Waals surface area (Å²) < 4.78 is 28.0. The van der Waals surface area contributed by atoms with Crippen LogP contribution in [0.4, 0.5) is 8.78 Å². The molecule has 158 valence electrons. The Bertz CT molecular complexity index is 908. The lowest BCUT2D eigenvalue weighted by molar-refractivity contribution is -0.159. The second-order valence-corrected chi connectivity index (χ2v) is 8.18. The van der Waals surface area contributed by atoms with Gasteiger partial charge in [0.05, 0.1) is 0 Å². The molecular weight excluding hydrogens is 386 g/mol. The number of hydrogen-bond acceptors (Lipinski definition) is 2. The van der Waals surface area contributed by atoms with Gasteiger partial charge in [0.2, 0.25) is 5.91 Å². The van der Waals surface area contributed by atoms with Crippen molar-refractivity contribution in [1.82, 2.24) is 9.80 Å². The molecule has 2 amide bonds. The molecule has 1 aliphatic heterocycles. The second-order valence-electron chi connectivity index (χ2n) is 8.18. The molecule has 2 aliphatic rings. The molecule has 0 spiro atoms. The summed E-state index contributed by atoms with van der Waals surface area (Å²) in [6.45, 7) is 0.137. The van der Waals surface area contributed by atoms with Gasteiger partial charge in [-0.2, -0.15) is 0 Å². The van der Waals surface area contributed by atoms with E-state index in [1.165, 1.54) is 23.1 Å². The number of carbonyl (C=O) groups is 2. The smallest absolute Gasteiger partial charge is 0.250 e. The SMILES string of the molecule is O=C1C(c2ccccc2F)N(Cc2ccc(F)cc2)C(=O)CN1C1CCCCCC1. The van der Waals surface area contributed by atoms with E-state index < -0.39 is 11.9 Å². The van der Waals surface area contributed by atoms with E-state index in [9.17, 15) is 18.4 Å². The molecule has 4 rings (SSSR count). The van der Waals surface area contributed by atoms with E-state index in [1.807, 2.05) is 0 Å². The van der Waals surface area contributed by atoms with Crippen LogP contribution in [-0.4, -0.2) is 34.2 Å². The van der Waals surface area contributed by atoms with E-state index in [2.05, 4.69) is 0 Å². The number of rotatable bonds is 4. The molecule has 0 N–H and O–H groups in total. The normalized spacial score (nSPS) is 21.1. The minimum Gasteiger partial charge on any atom is -0.328 e. The summed E-state index contributed by atoms with van der Waals surface area (Å²) in [4.78, 5) is 29.9. The molecular formula is C24H26F2N2O2.